The number of carbonyl (C=O) groups is 3. The van der Waals surface area contributed by atoms with Crippen molar-refractivity contribution in [3.63, 3.8) is 0 Å². The van der Waals surface area contributed by atoms with Crippen LogP contribution < -0.4 is 16.4 Å². The molecule has 27 heavy (non-hydrogen) atoms. The predicted molar refractivity (Wildman–Crippen MR) is 95.8 cm³/mol. The first-order valence-electron chi connectivity index (χ1n) is 8.42. The Bertz CT molecular complexity index is 674. The predicted octanol–water partition coefficient (Wildman–Crippen LogP) is 0.184. The minimum absolute atomic E-state index is 0.0811. The van der Waals surface area contributed by atoms with Gasteiger partial charge in [0, 0.05) is 12.5 Å². The molecule has 0 spiro atoms. The molecule has 9 nitrogen and oxygen atoms in total. The van der Waals surface area contributed by atoms with E-state index in [0.717, 1.165) is 5.56 Å². The number of aliphatic hydroxyl groups excluding tert-OH is 1. The zero-order valence-electron chi connectivity index (χ0n) is 15.1. The molecule has 3 atom stereocenters. The Morgan fingerprint density at radius 2 is 1.96 bits per heavy atom. The molecule has 0 aliphatic heterocycles. The first kappa shape index (κ1) is 21.9. The fourth-order valence-corrected chi connectivity index (χ4v) is 2.17. The number of nitriles is 1. The molecule has 3 amide bonds. The summed E-state index contributed by atoms with van der Waals surface area (Å²) < 4.78 is 4.98. The summed E-state index contributed by atoms with van der Waals surface area (Å²) in [5, 5.41) is 23.3. The molecule has 0 fully saturated rings. The highest BCUT2D eigenvalue weighted by Crippen LogP contribution is 2.05. The maximum Gasteiger partial charge on any atom is 0.407 e. The van der Waals surface area contributed by atoms with Crippen molar-refractivity contribution in [3.05, 3.63) is 35.9 Å². The van der Waals surface area contributed by atoms with E-state index in [-0.39, 0.29) is 26.0 Å². The van der Waals surface area contributed by atoms with E-state index in [9.17, 15) is 19.5 Å². The molecule has 0 aliphatic carbocycles. The summed E-state index contributed by atoms with van der Waals surface area (Å²) in [6.07, 6.45) is -2.16. The van der Waals surface area contributed by atoms with E-state index in [1.54, 1.807) is 19.1 Å². The third-order valence-electron chi connectivity index (χ3n) is 3.60. The molecule has 1 rings (SSSR count). The van der Waals surface area contributed by atoms with Crippen LogP contribution >= 0.6 is 0 Å². The van der Waals surface area contributed by atoms with Crippen LogP contribution in [-0.2, 0) is 20.9 Å². The normalized spacial score (nSPS) is 13.5. The largest absolute Gasteiger partial charge is 0.445 e. The van der Waals surface area contributed by atoms with Gasteiger partial charge in [-0.25, -0.2) is 4.79 Å². The van der Waals surface area contributed by atoms with E-state index < -0.39 is 36.0 Å². The average molecular weight is 376 g/mol. The molecule has 0 heterocycles. The maximum atomic E-state index is 11.9. The molecule has 0 bridgehead atoms. The zero-order chi connectivity index (χ0) is 20.2. The Morgan fingerprint density at radius 3 is 2.56 bits per heavy atom. The van der Waals surface area contributed by atoms with Crippen LogP contribution in [0.4, 0.5) is 4.79 Å². The van der Waals surface area contributed by atoms with E-state index in [4.69, 9.17) is 15.7 Å². The van der Waals surface area contributed by atoms with Crippen LogP contribution in [0.2, 0.25) is 0 Å². The van der Waals surface area contributed by atoms with Crippen LogP contribution in [0.1, 0.15) is 25.3 Å². The van der Waals surface area contributed by atoms with Gasteiger partial charge in [0.25, 0.3) is 0 Å². The second kappa shape index (κ2) is 11.5. The summed E-state index contributed by atoms with van der Waals surface area (Å²) in [5.41, 5.74) is 6.02. The Labute approximate surface area is 157 Å². The fraction of sp³-hybridized carbons (Fsp3) is 0.444. The molecule has 0 aromatic heterocycles. The number of amides is 3. The fourth-order valence-electron chi connectivity index (χ4n) is 2.17. The number of nitrogens with one attached hydrogen (secondary N) is 2. The Hall–Kier alpha value is -3.12. The SMILES string of the molecule is C[C@@H](C#N)C[C@@H](NC(=O)C[C@H](O)CNC(=O)OCc1ccccc1)C(N)=O. The summed E-state index contributed by atoms with van der Waals surface area (Å²) in [7, 11) is 0. The van der Waals surface area contributed by atoms with Crippen molar-refractivity contribution in [1.82, 2.24) is 10.6 Å². The summed E-state index contributed by atoms with van der Waals surface area (Å²) in [6.45, 7) is 1.49. The summed E-state index contributed by atoms with van der Waals surface area (Å²) in [6, 6.07) is 10.0. The minimum Gasteiger partial charge on any atom is -0.445 e. The van der Waals surface area contributed by atoms with Crippen LogP contribution in [0.3, 0.4) is 0 Å². The van der Waals surface area contributed by atoms with Gasteiger partial charge < -0.3 is 26.2 Å². The van der Waals surface area contributed by atoms with Gasteiger partial charge in [-0.15, -0.1) is 0 Å². The Balaban J connectivity index is 2.32. The van der Waals surface area contributed by atoms with Gasteiger partial charge in [-0.1, -0.05) is 30.3 Å². The molecular weight excluding hydrogens is 352 g/mol. The maximum absolute atomic E-state index is 11.9. The Morgan fingerprint density at radius 1 is 1.30 bits per heavy atom. The summed E-state index contributed by atoms with van der Waals surface area (Å²) in [5.74, 6) is -1.84. The van der Waals surface area contributed by atoms with Crippen LogP contribution in [0.5, 0.6) is 0 Å². The highest BCUT2D eigenvalue weighted by Gasteiger charge is 2.22. The second-order valence-electron chi connectivity index (χ2n) is 6.09. The Kier molecular flexibility index (Phi) is 9.33. The van der Waals surface area contributed by atoms with Gasteiger partial charge in [0.05, 0.1) is 18.6 Å². The summed E-state index contributed by atoms with van der Waals surface area (Å²) >= 11 is 0. The lowest BCUT2D eigenvalue weighted by Gasteiger charge is -2.18. The van der Waals surface area contributed by atoms with Crippen molar-refractivity contribution in [1.29, 1.82) is 5.26 Å². The van der Waals surface area contributed by atoms with E-state index in [2.05, 4.69) is 10.6 Å². The minimum atomic E-state index is -1.17. The highest BCUT2D eigenvalue weighted by atomic mass is 16.5. The number of hydrogen-bond donors (Lipinski definition) is 4. The van der Waals surface area contributed by atoms with Gasteiger partial charge in [-0.2, -0.15) is 5.26 Å². The van der Waals surface area contributed by atoms with Crippen LogP contribution in [0.15, 0.2) is 30.3 Å². The van der Waals surface area contributed by atoms with E-state index in [1.165, 1.54) is 0 Å². The van der Waals surface area contributed by atoms with Crippen molar-refractivity contribution in [2.45, 2.75) is 38.5 Å². The van der Waals surface area contributed by atoms with E-state index in [1.807, 2.05) is 24.3 Å². The van der Waals surface area contributed by atoms with Gasteiger partial charge in [0.2, 0.25) is 11.8 Å². The molecule has 0 aliphatic rings. The van der Waals surface area contributed by atoms with Crippen LogP contribution in [0.25, 0.3) is 0 Å². The molecular formula is C18H24N4O5. The second-order valence-corrected chi connectivity index (χ2v) is 6.09. The smallest absolute Gasteiger partial charge is 0.407 e. The molecule has 9 heteroatoms. The molecule has 5 N–H and O–H groups in total. The summed E-state index contributed by atoms with van der Waals surface area (Å²) in [4.78, 5) is 34.8. The number of nitrogens with zero attached hydrogens (tertiary/aromatic N) is 1. The van der Waals surface area contributed by atoms with E-state index in [0.29, 0.717) is 0 Å². The molecule has 0 radical (unpaired) electrons. The van der Waals surface area contributed by atoms with Crippen LogP contribution in [-0.4, -0.2) is 41.7 Å². The molecule has 0 saturated carbocycles. The lowest BCUT2D eigenvalue weighted by Crippen LogP contribution is -2.46. The first-order chi connectivity index (χ1) is 12.8. The number of nitrogens with two attached hydrogens (primary N) is 1. The number of ether oxygens (including phenoxy) is 1. The van der Waals surface area contributed by atoms with Gasteiger partial charge in [0.15, 0.2) is 0 Å². The molecule has 146 valence electrons. The third-order valence-corrected chi connectivity index (χ3v) is 3.60. The van der Waals surface area contributed by atoms with Crippen molar-refractivity contribution >= 4 is 17.9 Å². The molecule has 1 aromatic rings. The topological polar surface area (TPSA) is 155 Å². The number of aliphatic hydroxyl groups is 1. The van der Waals surface area contributed by atoms with Crippen molar-refractivity contribution in [2.24, 2.45) is 11.7 Å². The molecule has 0 saturated heterocycles. The van der Waals surface area contributed by atoms with Gasteiger partial charge in [-0.05, 0) is 18.9 Å². The number of primary amides is 1. The number of alkyl carbamates (subject to hydrolysis) is 1. The monoisotopic (exact) mass is 376 g/mol. The molecule has 1 aromatic carbocycles. The third kappa shape index (κ3) is 9.23. The number of rotatable bonds is 10. The molecule has 0 unspecified atom stereocenters. The van der Waals surface area contributed by atoms with Crippen LogP contribution in [0, 0.1) is 17.2 Å². The van der Waals surface area contributed by atoms with Gasteiger partial charge in [-0.3, -0.25) is 9.59 Å². The first-order valence-corrected chi connectivity index (χ1v) is 8.42. The van der Waals surface area contributed by atoms with E-state index >= 15 is 0 Å². The number of hydrogen-bond acceptors (Lipinski definition) is 6. The lowest BCUT2D eigenvalue weighted by atomic mass is 10.0. The lowest BCUT2D eigenvalue weighted by molar-refractivity contribution is -0.128. The number of carbonyl (C=O) groups excluding carboxylic acids is 3. The van der Waals surface area contributed by atoms with Gasteiger partial charge >= 0.3 is 6.09 Å². The van der Waals surface area contributed by atoms with Gasteiger partial charge in [0.1, 0.15) is 12.6 Å². The average Bonchev–Trinajstić information content (AvgIpc) is 2.64. The van der Waals surface area contributed by atoms with Crippen molar-refractivity contribution < 1.29 is 24.2 Å². The highest BCUT2D eigenvalue weighted by molar-refractivity contribution is 5.86. The van der Waals surface area contributed by atoms with Crippen molar-refractivity contribution in [2.75, 3.05) is 6.54 Å². The quantitative estimate of drug-likeness (QED) is 0.457. The zero-order valence-corrected chi connectivity index (χ0v) is 15.1. The van der Waals surface area contributed by atoms with Crippen molar-refractivity contribution in [3.8, 4) is 6.07 Å². The standard InChI is InChI=1S/C18H24N4O5/c1-12(9-19)7-15(17(20)25)22-16(24)8-14(23)10-21-18(26)27-11-13-5-3-2-4-6-13/h2-6,12,14-15,23H,7-8,10-11H2,1H3,(H2,20,25)(H,21,26)(H,22,24)/t12-,14+,15-/m1/s1. The number of benzene rings is 1.